The molecule has 0 aliphatic rings. The van der Waals surface area contributed by atoms with Crippen molar-refractivity contribution < 1.29 is 14.2 Å². The van der Waals surface area contributed by atoms with Crippen molar-refractivity contribution >= 4 is 11.3 Å². The zero-order chi connectivity index (χ0) is 13.1. The van der Waals surface area contributed by atoms with E-state index in [2.05, 4.69) is 4.98 Å². The Labute approximate surface area is 109 Å². The molecule has 1 aromatic carbocycles. The summed E-state index contributed by atoms with van der Waals surface area (Å²) in [5.41, 5.74) is 1.60. The second-order valence-electron chi connectivity index (χ2n) is 4.02. The molecule has 0 aliphatic carbocycles. The molecular formula is C13H14FNO2S. The fourth-order valence-electron chi connectivity index (χ4n) is 1.67. The van der Waals surface area contributed by atoms with Crippen LogP contribution in [0.2, 0.25) is 0 Å². The lowest BCUT2D eigenvalue weighted by Gasteiger charge is -2.09. The van der Waals surface area contributed by atoms with E-state index in [1.807, 2.05) is 12.3 Å². The second kappa shape index (κ2) is 5.46. The SMILES string of the molecule is COc1ccc(CC(O)c2nc(C)cs2)cc1F. The topological polar surface area (TPSA) is 42.4 Å². The average Bonchev–Trinajstić information content (AvgIpc) is 2.76. The first-order valence-electron chi connectivity index (χ1n) is 5.52. The lowest BCUT2D eigenvalue weighted by atomic mass is 10.1. The first kappa shape index (κ1) is 13.0. The number of aliphatic hydroxyl groups excluding tert-OH is 1. The van der Waals surface area contributed by atoms with E-state index in [1.165, 1.54) is 24.5 Å². The minimum Gasteiger partial charge on any atom is -0.494 e. The van der Waals surface area contributed by atoms with E-state index in [0.717, 1.165) is 5.69 Å². The van der Waals surface area contributed by atoms with Crippen LogP contribution in [-0.2, 0) is 6.42 Å². The predicted molar refractivity (Wildman–Crippen MR) is 68.5 cm³/mol. The number of hydrogen-bond donors (Lipinski definition) is 1. The average molecular weight is 267 g/mol. The van der Waals surface area contributed by atoms with Gasteiger partial charge in [-0.3, -0.25) is 0 Å². The summed E-state index contributed by atoms with van der Waals surface area (Å²) < 4.78 is 18.3. The van der Waals surface area contributed by atoms with Gasteiger partial charge in [-0.1, -0.05) is 6.07 Å². The van der Waals surface area contributed by atoms with Crippen LogP contribution in [0.1, 0.15) is 22.4 Å². The Bertz CT molecular complexity index is 542. The number of ether oxygens (including phenoxy) is 1. The van der Waals surface area contributed by atoms with E-state index >= 15 is 0 Å². The third-order valence-electron chi connectivity index (χ3n) is 2.57. The zero-order valence-electron chi connectivity index (χ0n) is 10.2. The van der Waals surface area contributed by atoms with Gasteiger partial charge in [-0.05, 0) is 24.6 Å². The van der Waals surface area contributed by atoms with Crippen molar-refractivity contribution in [1.29, 1.82) is 0 Å². The summed E-state index contributed by atoms with van der Waals surface area (Å²) >= 11 is 1.41. The Morgan fingerprint density at radius 3 is 2.83 bits per heavy atom. The van der Waals surface area contributed by atoms with Crippen molar-refractivity contribution in [3.05, 3.63) is 45.7 Å². The summed E-state index contributed by atoms with van der Waals surface area (Å²) in [6.45, 7) is 1.87. The minimum absolute atomic E-state index is 0.207. The number of aryl methyl sites for hydroxylation is 1. The van der Waals surface area contributed by atoms with Crippen molar-refractivity contribution in [2.45, 2.75) is 19.4 Å². The molecule has 3 nitrogen and oxygen atoms in total. The monoisotopic (exact) mass is 267 g/mol. The highest BCUT2D eigenvalue weighted by Crippen LogP contribution is 2.24. The summed E-state index contributed by atoms with van der Waals surface area (Å²) in [5.74, 6) is -0.212. The van der Waals surface area contributed by atoms with E-state index in [0.29, 0.717) is 17.0 Å². The number of methoxy groups -OCH3 is 1. The van der Waals surface area contributed by atoms with Crippen molar-refractivity contribution in [3.63, 3.8) is 0 Å². The van der Waals surface area contributed by atoms with Gasteiger partial charge in [0.25, 0.3) is 0 Å². The third kappa shape index (κ3) is 2.86. The number of halogens is 1. The molecule has 0 radical (unpaired) electrons. The Hall–Kier alpha value is -1.46. The fourth-order valence-corrected chi connectivity index (χ4v) is 2.45. The molecule has 18 heavy (non-hydrogen) atoms. The highest BCUT2D eigenvalue weighted by atomic mass is 32.1. The third-order valence-corrected chi connectivity index (χ3v) is 3.63. The number of thiazole rings is 1. The molecule has 2 rings (SSSR count). The van der Waals surface area contributed by atoms with E-state index < -0.39 is 11.9 Å². The summed E-state index contributed by atoms with van der Waals surface area (Å²) in [4.78, 5) is 4.21. The van der Waals surface area contributed by atoms with Gasteiger partial charge in [0.2, 0.25) is 0 Å². The van der Waals surface area contributed by atoms with E-state index in [4.69, 9.17) is 4.74 Å². The van der Waals surface area contributed by atoms with Crippen molar-refractivity contribution in [1.82, 2.24) is 4.98 Å². The number of aliphatic hydroxyl groups is 1. The van der Waals surface area contributed by atoms with Gasteiger partial charge in [-0.15, -0.1) is 11.3 Å². The molecule has 0 spiro atoms. The molecule has 1 heterocycles. The van der Waals surface area contributed by atoms with Crippen LogP contribution in [0.3, 0.4) is 0 Å². The lowest BCUT2D eigenvalue weighted by molar-refractivity contribution is 0.177. The Balaban J connectivity index is 2.12. The number of hydrogen-bond acceptors (Lipinski definition) is 4. The number of rotatable bonds is 4. The standard InChI is InChI=1S/C13H14FNO2S/c1-8-7-18-13(15-8)11(16)6-9-3-4-12(17-2)10(14)5-9/h3-5,7,11,16H,6H2,1-2H3. The number of nitrogens with zero attached hydrogens (tertiary/aromatic N) is 1. The molecule has 0 saturated heterocycles. The molecular weight excluding hydrogens is 253 g/mol. The molecule has 0 aliphatic heterocycles. The predicted octanol–water partition coefficient (Wildman–Crippen LogP) is 2.88. The van der Waals surface area contributed by atoms with Crippen LogP contribution in [0.5, 0.6) is 5.75 Å². The lowest BCUT2D eigenvalue weighted by Crippen LogP contribution is -2.02. The fraction of sp³-hybridized carbons (Fsp3) is 0.308. The highest BCUT2D eigenvalue weighted by Gasteiger charge is 2.13. The van der Waals surface area contributed by atoms with Gasteiger partial charge in [-0.25, -0.2) is 9.37 Å². The Morgan fingerprint density at radius 1 is 1.50 bits per heavy atom. The molecule has 1 N–H and O–H groups in total. The second-order valence-corrected chi connectivity index (χ2v) is 4.91. The van der Waals surface area contributed by atoms with Crippen molar-refractivity contribution in [2.75, 3.05) is 7.11 Å². The van der Waals surface area contributed by atoms with E-state index in [1.54, 1.807) is 12.1 Å². The van der Waals surface area contributed by atoms with Gasteiger partial charge in [0.15, 0.2) is 11.6 Å². The molecule has 0 saturated carbocycles. The Kier molecular flexibility index (Phi) is 3.93. The van der Waals surface area contributed by atoms with Crippen LogP contribution < -0.4 is 4.74 Å². The van der Waals surface area contributed by atoms with Crippen LogP contribution in [0.25, 0.3) is 0 Å². The smallest absolute Gasteiger partial charge is 0.165 e. The van der Waals surface area contributed by atoms with Crippen molar-refractivity contribution in [3.8, 4) is 5.75 Å². The molecule has 2 aromatic rings. The molecule has 5 heteroatoms. The molecule has 0 amide bonds. The zero-order valence-corrected chi connectivity index (χ0v) is 11.0. The quantitative estimate of drug-likeness (QED) is 0.926. The van der Waals surface area contributed by atoms with E-state index in [9.17, 15) is 9.50 Å². The molecule has 0 bridgehead atoms. The summed E-state index contributed by atoms with van der Waals surface area (Å²) in [5, 5.41) is 12.5. The van der Waals surface area contributed by atoms with E-state index in [-0.39, 0.29) is 5.75 Å². The highest BCUT2D eigenvalue weighted by molar-refractivity contribution is 7.09. The molecule has 1 atom stereocenters. The van der Waals surface area contributed by atoms with Gasteiger partial charge < -0.3 is 9.84 Å². The van der Waals surface area contributed by atoms with Gasteiger partial charge in [0, 0.05) is 17.5 Å². The van der Waals surface area contributed by atoms with Gasteiger partial charge in [0.1, 0.15) is 11.1 Å². The first-order valence-corrected chi connectivity index (χ1v) is 6.40. The minimum atomic E-state index is -0.698. The maximum absolute atomic E-state index is 13.5. The molecule has 0 fully saturated rings. The summed E-state index contributed by atoms with van der Waals surface area (Å²) in [6, 6.07) is 4.68. The van der Waals surface area contributed by atoms with Crippen LogP contribution >= 0.6 is 11.3 Å². The van der Waals surface area contributed by atoms with Crippen molar-refractivity contribution in [2.24, 2.45) is 0 Å². The van der Waals surface area contributed by atoms with Crippen LogP contribution in [0.15, 0.2) is 23.6 Å². The number of aromatic nitrogens is 1. The number of benzene rings is 1. The Morgan fingerprint density at radius 2 is 2.28 bits per heavy atom. The van der Waals surface area contributed by atoms with Gasteiger partial charge >= 0.3 is 0 Å². The van der Waals surface area contributed by atoms with Gasteiger partial charge in [-0.2, -0.15) is 0 Å². The molecule has 96 valence electrons. The maximum Gasteiger partial charge on any atom is 0.165 e. The van der Waals surface area contributed by atoms with Crippen LogP contribution in [0, 0.1) is 12.7 Å². The largest absolute Gasteiger partial charge is 0.494 e. The molecule has 1 unspecified atom stereocenters. The molecule has 1 aromatic heterocycles. The summed E-state index contributed by atoms with van der Waals surface area (Å²) in [6.07, 6.45) is -0.357. The maximum atomic E-state index is 13.5. The normalized spacial score (nSPS) is 12.4. The van der Waals surface area contributed by atoms with Gasteiger partial charge in [0.05, 0.1) is 7.11 Å². The van der Waals surface area contributed by atoms with Crippen LogP contribution in [-0.4, -0.2) is 17.2 Å². The summed E-state index contributed by atoms with van der Waals surface area (Å²) in [7, 11) is 1.42. The van der Waals surface area contributed by atoms with Crippen LogP contribution in [0.4, 0.5) is 4.39 Å². The first-order chi connectivity index (χ1) is 8.60.